The van der Waals surface area contributed by atoms with E-state index in [9.17, 15) is 0 Å². The van der Waals surface area contributed by atoms with Crippen molar-refractivity contribution in [1.29, 1.82) is 0 Å². The molecule has 1 unspecified atom stereocenters. The molecule has 1 aromatic carbocycles. The number of aromatic nitrogens is 1. The van der Waals surface area contributed by atoms with Crippen LogP contribution in [0.15, 0.2) is 22.6 Å². The summed E-state index contributed by atoms with van der Waals surface area (Å²) in [6, 6.07) is 6.22. The largest absolute Gasteiger partial charge is 0.441 e. The van der Waals surface area contributed by atoms with Crippen LogP contribution in [0.1, 0.15) is 24.8 Å². The van der Waals surface area contributed by atoms with Crippen LogP contribution in [0.2, 0.25) is 0 Å². The highest BCUT2D eigenvalue weighted by Gasteiger charge is 2.04. The van der Waals surface area contributed by atoms with Crippen LogP contribution in [0, 0.1) is 12.8 Å². The van der Waals surface area contributed by atoms with Crippen LogP contribution in [0.5, 0.6) is 0 Å². The number of rotatable bonds is 4. The first kappa shape index (κ1) is 11.1. The number of aryl methyl sites for hydroxylation is 2. The Morgan fingerprint density at radius 1 is 1.44 bits per heavy atom. The quantitative estimate of drug-likeness (QED) is 0.858. The lowest BCUT2D eigenvalue weighted by Gasteiger charge is -2.07. The van der Waals surface area contributed by atoms with Crippen molar-refractivity contribution >= 4 is 11.1 Å². The van der Waals surface area contributed by atoms with Gasteiger partial charge in [-0.3, -0.25) is 0 Å². The number of oxazole rings is 1. The molecule has 0 spiro atoms. The lowest BCUT2D eigenvalue weighted by atomic mass is 10.0. The summed E-state index contributed by atoms with van der Waals surface area (Å²) in [6.45, 7) is 4.80. The Morgan fingerprint density at radius 2 is 2.25 bits per heavy atom. The van der Waals surface area contributed by atoms with Gasteiger partial charge < -0.3 is 10.2 Å². The first-order valence-corrected chi connectivity index (χ1v) is 5.75. The standard InChI is InChI=1S/C13H18N2O/c1-9(8-14)3-4-11-5-6-12-13(7-11)16-10(2)15-12/h5-7,9H,3-4,8,14H2,1-2H3. The van der Waals surface area contributed by atoms with Gasteiger partial charge in [0.15, 0.2) is 11.5 Å². The van der Waals surface area contributed by atoms with Crippen molar-refractivity contribution in [3.8, 4) is 0 Å². The molecule has 86 valence electrons. The maximum atomic E-state index is 5.60. The van der Waals surface area contributed by atoms with Gasteiger partial charge in [0.25, 0.3) is 0 Å². The zero-order valence-corrected chi connectivity index (χ0v) is 9.86. The summed E-state index contributed by atoms with van der Waals surface area (Å²) < 4.78 is 5.51. The minimum atomic E-state index is 0.576. The summed E-state index contributed by atoms with van der Waals surface area (Å²) >= 11 is 0. The van der Waals surface area contributed by atoms with Gasteiger partial charge in [-0.1, -0.05) is 13.0 Å². The predicted octanol–water partition coefficient (Wildman–Crippen LogP) is 2.66. The summed E-state index contributed by atoms with van der Waals surface area (Å²) in [5, 5.41) is 0. The van der Waals surface area contributed by atoms with Gasteiger partial charge in [-0.15, -0.1) is 0 Å². The Kier molecular flexibility index (Phi) is 3.25. The van der Waals surface area contributed by atoms with Crippen LogP contribution in [-0.2, 0) is 6.42 Å². The molecule has 2 N–H and O–H groups in total. The molecule has 0 aliphatic heterocycles. The molecule has 0 aliphatic rings. The monoisotopic (exact) mass is 218 g/mol. The van der Waals surface area contributed by atoms with Gasteiger partial charge in [0.2, 0.25) is 0 Å². The molecule has 0 bridgehead atoms. The molecule has 3 heteroatoms. The van der Waals surface area contributed by atoms with Crippen molar-refractivity contribution < 1.29 is 4.42 Å². The number of hydrogen-bond acceptors (Lipinski definition) is 3. The number of fused-ring (bicyclic) bond motifs is 1. The first-order valence-electron chi connectivity index (χ1n) is 5.75. The fraction of sp³-hybridized carbons (Fsp3) is 0.462. The van der Waals surface area contributed by atoms with Crippen LogP contribution in [0.4, 0.5) is 0 Å². The smallest absolute Gasteiger partial charge is 0.192 e. The van der Waals surface area contributed by atoms with Crippen LogP contribution in [0.25, 0.3) is 11.1 Å². The maximum absolute atomic E-state index is 5.60. The molecule has 0 aliphatic carbocycles. The molecule has 16 heavy (non-hydrogen) atoms. The third kappa shape index (κ3) is 2.42. The molecule has 0 fully saturated rings. The lowest BCUT2D eigenvalue weighted by Crippen LogP contribution is -2.11. The highest BCUT2D eigenvalue weighted by Crippen LogP contribution is 2.18. The molecule has 0 amide bonds. The molecule has 0 saturated carbocycles. The third-order valence-corrected chi connectivity index (χ3v) is 2.89. The van der Waals surface area contributed by atoms with Crippen molar-refractivity contribution in [1.82, 2.24) is 4.98 Å². The van der Waals surface area contributed by atoms with Crippen LogP contribution in [-0.4, -0.2) is 11.5 Å². The van der Waals surface area contributed by atoms with E-state index in [1.54, 1.807) is 0 Å². The molecular formula is C13H18N2O. The molecule has 3 nitrogen and oxygen atoms in total. The molecule has 1 heterocycles. The predicted molar refractivity (Wildman–Crippen MR) is 65.3 cm³/mol. The average molecular weight is 218 g/mol. The minimum absolute atomic E-state index is 0.576. The summed E-state index contributed by atoms with van der Waals surface area (Å²) in [5.41, 5.74) is 8.72. The van der Waals surface area contributed by atoms with Gasteiger partial charge in [0, 0.05) is 6.92 Å². The number of nitrogens with zero attached hydrogens (tertiary/aromatic N) is 1. The molecule has 0 radical (unpaired) electrons. The Bertz CT molecular complexity index is 476. The fourth-order valence-electron chi connectivity index (χ4n) is 1.77. The van der Waals surface area contributed by atoms with Gasteiger partial charge in [0.05, 0.1) is 0 Å². The van der Waals surface area contributed by atoms with Gasteiger partial charge in [0.1, 0.15) is 5.52 Å². The average Bonchev–Trinajstić information content (AvgIpc) is 2.65. The van der Waals surface area contributed by atoms with Crippen molar-refractivity contribution in [3.63, 3.8) is 0 Å². The fourth-order valence-corrected chi connectivity index (χ4v) is 1.77. The Hall–Kier alpha value is -1.35. The second kappa shape index (κ2) is 4.66. The third-order valence-electron chi connectivity index (χ3n) is 2.89. The zero-order valence-electron chi connectivity index (χ0n) is 9.86. The van der Waals surface area contributed by atoms with E-state index >= 15 is 0 Å². The Labute approximate surface area is 95.7 Å². The normalized spacial score (nSPS) is 13.2. The van der Waals surface area contributed by atoms with Crippen molar-refractivity contribution in [2.24, 2.45) is 11.7 Å². The second-order valence-corrected chi connectivity index (χ2v) is 4.41. The lowest BCUT2D eigenvalue weighted by molar-refractivity contribution is 0.543. The molecular weight excluding hydrogens is 200 g/mol. The molecule has 0 saturated heterocycles. The Balaban J connectivity index is 2.13. The zero-order chi connectivity index (χ0) is 11.5. The van der Waals surface area contributed by atoms with Gasteiger partial charge in [-0.05, 0) is 43.0 Å². The summed E-state index contributed by atoms with van der Waals surface area (Å²) in [6.07, 6.45) is 2.17. The van der Waals surface area contributed by atoms with E-state index in [4.69, 9.17) is 10.2 Å². The minimum Gasteiger partial charge on any atom is -0.441 e. The van der Waals surface area contributed by atoms with Crippen molar-refractivity contribution in [3.05, 3.63) is 29.7 Å². The first-order chi connectivity index (χ1) is 7.69. The second-order valence-electron chi connectivity index (χ2n) is 4.41. The van der Waals surface area contributed by atoms with E-state index in [1.807, 2.05) is 13.0 Å². The van der Waals surface area contributed by atoms with E-state index in [1.165, 1.54) is 5.56 Å². The van der Waals surface area contributed by atoms with Gasteiger partial charge >= 0.3 is 0 Å². The van der Waals surface area contributed by atoms with E-state index in [-0.39, 0.29) is 0 Å². The topological polar surface area (TPSA) is 52.0 Å². The molecule has 2 rings (SSSR count). The van der Waals surface area contributed by atoms with Gasteiger partial charge in [-0.2, -0.15) is 0 Å². The summed E-state index contributed by atoms with van der Waals surface area (Å²) in [5.74, 6) is 1.30. The number of benzene rings is 1. The van der Waals surface area contributed by atoms with E-state index in [2.05, 4.69) is 24.0 Å². The van der Waals surface area contributed by atoms with Gasteiger partial charge in [-0.25, -0.2) is 4.98 Å². The van der Waals surface area contributed by atoms with E-state index in [0.29, 0.717) is 5.92 Å². The van der Waals surface area contributed by atoms with Crippen molar-refractivity contribution in [2.45, 2.75) is 26.7 Å². The van der Waals surface area contributed by atoms with E-state index in [0.717, 1.165) is 36.4 Å². The van der Waals surface area contributed by atoms with Crippen LogP contribution < -0.4 is 5.73 Å². The summed E-state index contributed by atoms with van der Waals surface area (Å²) in [4.78, 5) is 4.28. The molecule has 1 atom stereocenters. The summed E-state index contributed by atoms with van der Waals surface area (Å²) in [7, 11) is 0. The van der Waals surface area contributed by atoms with Crippen molar-refractivity contribution in [2.75, 3.05) is 6.54 Å². The Morgan fingerprint density at radius 3 is 3.00 bits per heavy atom. The van der Waals surface area contributed by atoms with Crippen LogP contribution >= 0.6 is 0 Å². The highest BCUT2D eigenvalue weighted by atomic mass is 16.3. The molecule has 1 aromatic heterocycles. The van der Waals surface area contributed by atoms with Crippen LogP contribution in [0.3, 0.4) is 0 Å². The molecule has 2 aromatic rings. The maximum Gasteiger partial charge on any atom is 0.192 e. The number of nitrogens with two attached hydrogens (primary N) is 1. The highest BCUT2D eigenvalue weighted by molar-refractivity contribution is 5.73. The van der Waals surface area contributed by atoms with E-state index < -0.39 is 0 Å². The number of hydrogen-bond donors (Lipinski definition) is 1. The SMILES string of the molecule is Cc1nc2ccc(CCC(C)CN)cc2o1.